The minimum atomic E-state index is -3.32. The second-order valence-electron chi connectivity index (χ2n) is 8.07. The zero-order valence-electron chi connectivity index (χ0n) is 16.9. The van der Waals surface area contributed by atoms with E-state index in [0.717, 1.165) is 50.2 Å². The van der Waals surface area contributed by atoms with Crippen molar-refractivity contribution in [3.8, 4) is 11.8 Å². The summed E-state index contributed by atoms with van der Waals surface area (Å²) in [6.45, 7) is 8.28. The van der Waals surface area contributed by atoms with Crippen LogP contribution in [0.1, 0.15) is 49.3 Å². The summed E-state index contributed by atoms with van der Waals surface area (Å²) >= 11 is 1.64. The van der Waals surface area contributed by atoms with Crippen LogP contribution in [0.15, 0.2) is 12.1 Å². The zero-order valence-corrected chi connectivity index (χ0v) is 18.5. The van der Waals surface area contributed by atoms with E-state index in [1.165, 1.54) is 4.88 Å². The number of hydrogen-bond acceptors (Lipinski definition) is 5. The van der Waals surface area contributed by atoms with Crippen molar-refractivity contribution in [2.24, 2.45) is 0 Å². The van der Waals surface area contributed by atoms with Crippen molar-refractivity contribution >= 4 is 21.5 Å². The van der Waals surface area contributed by atoms with Crippen LogP contribution in [-0.2, 0) is 16.8 Å². The molecule has 0 aliphatic carbocycles. The van der Waals surface area contributed by atoms with E-state index in [4.69, 9.17) is 0 Å². The van der Waals surface area contributed by atoms with Gasteiger partial charge in [-0.05, 0) is 51.8 Å². The van der Waals surface area contributed by atoms with Crippen LogP contribution in [0.3, 0.4) is 0 Å². The van der Waals surface area contributed by atoms with Crippen LogP contribution < -0.4 is 0 Å². The Morgan fingerprint density at radius 2 is 1.68 bits per heavy atom. The van der Waals surface area contributed by atoms with Crippen LogP contribution in [0.5, 0.6) is 0 Å². The van der Waals surface area contributed by atoms with Gasteiger partial charge in [-0.1, -0.05) is 18.3 Å². The van der Waals surface area contributed by atoms with Crippen LogP contribution in [0.4, 0.5) is 0 Å². The van der Waals surface area contributed by atoms with Crippen LogP contribution in [0, 0.1) is 11.8 Å². The summed E-state index contributed by atoms with van der Waals surface area (Å²) < 4.78 is 29.2. The maximum atomic E-state index is 12.9. The lowest BCUT2D eigenvalue weighted by atomic mass is 10.1. The van der Waals surface area contributed by atoms with Gasteiger partial charge in [-0.25, -0.2) is 0 Å². The highest BCUT2D eigenvalue weighted by Gasteiger charge is 2.31. The van der Waals surface area contributed by atoms with Crippen LogP contribution in [0.25, 0.3) is 0 Å². The maximum absolute atomic E-state index is 12.9. The highest BCUT2D eigenvalue weighted by molar-refractivity contribution is 7.86. The molecule has 1 N–H and O–H groups in total. The molecule has 2 fully saturated rings. The van der Waals surface area contributed by atoms with E-state index in [0.29, 0.717) is 26.2 Å². The Balaban J connectivity index is 1.57. The van der Waals surface area contributed by atoms with Crippen molar-refractivity contribution in [2.45, 2.75) is 51.7 Å². The molecule has 156 valence electrons. The monoisotopic (exact) mass is 425 g/mol. The van der Waals surface area contributed by atoms with Gasteiger partial charge < -0.3 is 5.11 Å². The van der Waals surface area contributed by atoms with Gasteiger partial charge in [-0.15, -0.1) is 11.3 Å². The molecule has 28 heavy (non-hydrogen) atoms. The minimum Gasteiger partial charge on any atom is -0.378 e. The summed E-state index contributed by atoms with van der Waals surface area (Å²) in [5, 5.41) is 9.73. The molecule has 0 amide bonds. The molecule has 0 aromatic carbocycles. The first-order valence-corrected chi connectivity index (χ1v) is 12.3. The Morgan fingerprint density at radius 1 is 1.00 bits per heavy atom. The second kappa shape index (κ2) is 9.24. The second-order valence-corrected chi connectivity index (χ2v) is 11.2. The van der Waals surface area contributed by atoms with Gasteiger partial charge >= 0.3 is 0 Å². The fraction of sp³-hybridized carbons (Fsp3) is 0.700. The zero-order chi connectivity index (χ0) is 20.2. The standard InChI is InChI=1S/C20H31N3O3S2/c1-20(2,24)10-9-18-7-8-19(27-18)17-21-11-6-14-23(16-15-21)28(25,26)22-12-4-3-5-13-22/h7-8,24H,3-6,11-17H2,1-2H3. The van der Waals surface area contributed by atoms with Crippen molar-refractivity contribution in [3.63, 3.8) is 0 Å². The normalized spacial score (nSPS) is 21.1. The predicted molar refractivity (Wildman–Crippen MR) is 113 cm³/mol. The van der Waals surface area contributed by atoms with Crippen molar-refractivity contribution in [2.75, 3.05) is 39.3 Å². The minimum absolute atomic E-state index is 0.551. The van der Waals surface area contributed by atoms with Gasteiger partial charge in [0.15, 0.2) is 0 Å². The summed E-state index contributed by atoms with van der Waals surface area (Å²) in [4.78, 5) is 4.48. The van der Waals surface area contributed by atoms with Gasteiger partial charge in [0.2, 0.25) is 0 Å². The van der Waals surface area contributed by atoms with Crippen molar-refractivity contribution in [1.82, 2.24) is 13.5 Å². The molecular formula is C20H31N3O3S2. The first-order valence-electron chi connectivity index (χ1n) is 10.1. The molecule has 0 radical (unpaired) electrons. The van der Waals surface area contributed by atoms with Gasteiger partial charge in [-0.3, -0.25) is 4.90 Å². The van der Waals surface area contributed by atoms with Gasteiger partial charge in [0, 0.05) is 44.1 Å². The lowest BCUT2D eigenvalue weighted by molar-refractivity contribution is 0.143. The molecule has 3 heterocycles. The molecule has 8 heteroatoms. The Morgan fingerprint density at radius 3 is 2.39 bits per heavy atom. The van der Waals surface area contributed by atoms with E-state index in [-0.39, 0.29) is 0 Å². The lowest BCUT2D eigenvalue weighted by Gasteiger charge is -2.31. The smallest absolute Gasteiger partial charge is 0.282 e. The summed E-state index contributed by atoms with van der Waals surface area (Å²) in [7, 11) is -3.32. The lowest BCUT2D eigenvalue weighted by Crippen LogP contribution is -2.47. The van der Waals surface area contributed by atoms with Crippen molar-refractivity contribution < 1.29 is 13.5 Å². The van der Waals surface area contributed by atoms with E-state index < -0.39 is 15.8 Å². The molecule has 1 aromatic rings. The Kier molecular flexibility index (Phi) is 7.18. The SMILES string of the molecule is CC(C)(O)C#Cc1ccc(CN2CCCN(S(=O)(=O)N3CCCCC3)CC2)s1. The first kappa shape index (κ1) is 21.8. The number of nitrogens with zero attached hydrogens (tertiary/aromatic N) is 3. The summed E-state index contributed by atoms with van der Waals surface area (Å²) in [5.41, 5.74) is -0.988. The van der Waals surface area contributed by atoms with Crippen LogP contribution >= 0.6 is 11.3 Å². The Hall–Kier alpha value is -0.950. The third kappa shape index (κ3) is 6.02. The average Bonchev–Trinajstić information content (AvgIpc) is 2.96. The molecule has 2 aliphatic rings. The number of piperidine rings is 1. The van der Waals surface area contributed by atoms with Gasteiger partial charge in [0.05, 0.1) is 4.88 Å². The molecule has 0 unspecified atom stereocenters. The molecule has 0 bridgehead atoms. The Bertz CT molecular complexity index is 812. The van der Waals surface area contributed by atoms with Crippen LogP contribution in [0.2, 0.25) is 0 Å². The molecule has 2 aliphatic heterocycles. The fourth-order valence-corrected chi connectivity index (χ4v) is 6.18. The highest BCUT2D eigenvalue weighted by Crippen LogP contribution is 2.21. The number of hydrogen-bond donors (Lipinski definition) is 1. The third-order valence-electron chi connectivity index (χ3n) is 5.05. The van der Waals surface area contributed by atoms with Gasteiger partial charge in [0.1, 0.15) is 5.60 Å². The van der Waals surface area contributed by atoms with E-state index in [2.05, 4.69) is 22.8 Å². The molecule has 0 saturated carbocycles. The average molecular weight is 426 g/mol. The highest BCUT2D eigenvalue weighted by atomic mass is 32.2. The quantitative estimate of drug-likeness (QED) is 0.751. The summed E-state index contributed by atoms with van der Waals surface area (Å²) in [6, 6.07) is 4.07. The number of thiophene rings is 1. The molecule has 2 saturated heterocycles. The first-order chi connectivity index (χ1) is 13.2. The van der Waals surface area contributed by atoms with E-state index in [1.54, 1.807) is 33.8 Å². The molecule has 0 spiro atoms. The number of aliphatic hydroxyl groups is 1. The number of rotatable bonds is 4. The van der Waals surface area contributed by atoms with E-state index in [1.807, 2.05) is 6.07 Å². The molecule has 0 atom stereocenters. The summed E-state index contributed by atoms with van der Waals surface area (Å²) in [5.74, 6) is 5.87. The van der Waals surface area contributed by atoms with Gasteiger partial charge in [-0.2, -0.15) is 17.0 Å². The predicted octanol–water partition coefficient (Wildman–Crippen LogP) is 2.11. The topological polar surface area (TPSA) is 64.1 Å². The maximum Gasteiger partial charge on any atom is 0.282 e. The summed E-state index contributed by atoms with van der Waals surface area (Å²) in [6.07, 6.45) is 3.92. The molecular weight excluding hydrogens is 394 g/mol. The molecule has 6 nitrogen and oxygen atoms in total. The molecule has 3 rings (SSSR count). The fourth-order valence-electron chi connectivity index (χ4n) is 3.56. The van der Waals surface area contributed by atoms with Crippen molar-refractivity contribution in [1.29, 1.82) is 0 Å². The van der Waals surface area contributed by atoms with Gasteiger partial charge in [0.25, 0.3) is 10.2 Å². The van der Waals surface area contributed by atoms with E-state index >= 15 is 0 Å². The van der Waals surface area contributed by atoms with Crippen molar-refractivity contribution in [3.05, 3.63) is 21.9 Å². The molecule has 1 aromatic heterocycles. The van der Waals surface area contributed by atoms with E-state index in [9.17, 15) is 13.5 Å². The van der Waals surface area contributed by atoms with Crippen LogP contribution in [-0.4, -0.2) is 71.9 Å². The Labute approximate surface area is 173 Å². The largest absolute Gasteiger partial charge is 0.378 e. The third-order valence-corrected chi connectivity index (χ3v) is 8.07.